The molecule has 0 radical (unpaired) electrons. The molecule has 2 rings (SSSR count). The van der Waals surface area contributed by atoms with Gasteiger partial charge in [-0.1, -0.05) is 26.7 Å². The number of aliphatic hydroxyl groups excluding tert-OH is 1. The highest BCUT2D eigenvalue weighted by Gasteiger charge is 2.55. The van der Waals surface area contributed by atoms with Gasteiger partial charge in [-0.2, -0.15) is 0 Å². The summed E-state index contributed by atoms with van der Waals surface area (Å²) >= 11 is 0. The van der Waals surface area contributed by atoms with Crippen LogP contribution in [-0.4, -0.2) is 34.2 Å². The molecule has 0 spiro atoms. The molecule has 1 heterocycles. The summed E-state index contributed by atoms with van der Waals surface area (Å²) in [5, 5.41) is 10.1. The lowest BCUT2D eigenvalue weighted by molar-refractivity contribution is -0.169. The van der Waals surface area contributed by atoms with Crippen molar-refractivity contribution in [2.75, 3.05) is 6.54 Å². The minimum atomic E-state index is -0.0888. The Hall–Kier alpha value is -0.0800. The van der Waals surface area contributed by atoms with E-state index in [9.17, 15) is 5.11 Å². The molecule has 2 aliphatic rings. The van der Waals surface area contributed by atoms with Gasteiger partial charge >= 0.3 is 0 Å². The molecule has 0 aromatic carbocycles. The number of likely N-dealkylation sites (tertiary alicyclic amines) is 1. The highest BCUT2D eigenvalue weighted by molar-refractivity contribution is 5.09. The summed E-state index contributed by atoms with van der Waals surface area (Å²) in [6, 6.07) is 0.418. The summed E-state index contributed by atoms with van der Waals surface area (Å²) in [6.45, 7) is 10.4. The van der Waals surface area contributed by atoms with Crippen LogP contribution in [0.4, 0.5) is 0 Å². The molecule has 2 unspecified atom stereocenters. The Kier molecular flexibility index (Phi) is 2.63. The lowest BCUT2D eigenvalue weighted by Gasteiger charge is -2.65. The summed E-state index contributed by atoms with van der Waals surface area (Å²) in [5.41, 5.74) is 0.639. The maximum atomic E-state index is 10.1. The second-order valence-electron chi connectivity index (χ2n) is 6.49. The van der Waals surface area contributed by atoms with Crippen LogP contribution in [0.5, 0.6) is 0 Å². The van der Waals surface area contributed by atoms with E-state index in [4.69, 9.17) is 0 Å². The second kappa shape index (κ2) is 3.46. The Balaban J connectivity index is 2.07. The van der Waals surface area contributed by atoms with E-state index >= 15 is 0 Å². The van der Waals surface area contributed by atoms with Crippen LogP contribution in [0.15, 0.2) is 0 Å². The third-order valence-corrected chi connectivity index (χ3v) is 5.03. The van der Waals surface area contributed by atoms with E-state index in [0.717, 1.165) is 13.0 Å². The first-order valence-electron chi connectivity index (χ1n) is 6.31. The van der Waals surface area contributed by atoms with Crippen LogP contribution < -0.4 is 0 Å². The van der Waals surface area contributed by atoms with Gasteiger partial charge in [0.1, 0.15) is 0 Å². The lowest BCUT2D eigenvalue weighted by atomic mass is 9.63. The van der Waals surface area contributed by atoms with Crippen molar-refractivity contribution in [1.29, 1.82) is 0 Å². The minimum Gasteiger partial charge on any atom is -0.391 e. The Labute approximate surface area is 93.7 Å². The van der Waals surface area contributed by atoms with Gasteiger partial charge in [0.25, 0.3) is 0 Å². The van der Waals surface area contributed by atoms with E-state index in [0.29, 0.717) is 11.5 Å². The van der Waals surface area contributed by atoms with Crippen molar-refractivity contribution in [3.05, 3.63) is 0 Å². The number of nitrogens with zero attached hydrogens (tertiary/aromatic N) is 1. The van der Waals surface area contributed by atoms with E-state index in [1.165, 1.54) is 19.3 Å². The van der Waals surface area contributed by atoms with Crippen molar-refractivity contribution < 1.29 is 5.11 Å². The third kappa shape index (κ3) is 1.62. The van der Waals surface area contributed by atoms with Crippen molar-refractivity contribution in [3.63, 3.8) is 0 Å². The highest BCUT2D eigenvalue weighted by Crippen LogP contribution is 2.49. The van der Waals surface area contributed by atoms with Gasteiger partial charge in [-0.3, -0.25) is 4.90 Å². The molecule has 0 bridgehead atoms. The van der Waals surface area contributed by atoms with Crippen LogP contribution in [0.2, 0.25) is 0 Å². The van der Waals surface area contributed by atoms with E-state index in [1.54, 1.807) is 0 Å². The SMILES string of the molecule is CC1(C)CN(C2CCCCC2O)C1(C)C. The molecule has 88 valence electrons. The van der Waals surface area contributed by atoms with Gasteiger partial charge in [0.2, 0.25) is 0 Å². The van der Waals surface area contributed by atoms with E-state index in [2.05, 4.69) is 32.6 Å². The lowest BCUT2D eigenvalue weighted by Crippen LogP contribution is -2.73. The first-order chi connectivity index (χ1) is 6.86. The Bertz CT molecular complexity index is 247. The van der Waals surface area contributed by atoms with Crippen LogP contribution >= 0.6 is 0 Å². The Morgan fingerprint density at radius 2 is 1.67 bits per heavy atom. The fourth-order valence-corrected chi connectivity index (χ4v) is 3.10. The average molecular weight is 211 g/mol. The quantitative estimate of drug-likeness (QED) is 0.720. The standard InChI is InChI=1S/C13H25NO/c1-12(2)9-14(13(12,3)4)10-7-5-6-8-11(10)15/h10-11,15H,5-9H2,1-4H3. The Morgan fingerprint density at radius 3 is 2.13 bits per heavy atom. The van der Waals surface area contributed by atoms with E-state index < -0.39 is 0 Å². The summed E-state index contributed by atoms with van der Waals surface area (Å²) in [5.74, 6) is 0. The van der Waals surface area contributed by atoms with Crippen LogP contribution in [-0.2, 0) is 0 Å². The summed E-state index contributed by atoms with van der Waals surface area (Å²) in [4.78, 5) is 2.52. The molecule has 2 atom stereocenters. The maximum Gasteiger partial charge on any atom is 0.0695 e. The molecule has 1 aliphatic heterocycles. The topological polar surface area (TPSA) is 23.5 Å². The summed E-state index contributed by atoms with van der Waals surface area (Å²) < 4.78 is 0. The molecule has 0 aromatic rings. The summed E-state index contributed by atoms with van der Waals surface area (Å²) in [6.07, 6.45) is 4.58. The van der Waals surface area contributed by atoms with Gasteiger partial charge in [0, 0.05) is 18.1 Å². The van der Waals surface area contributed by atoms with E-state index in [1.807, 2.05) is 0 Å². The molecule has 2 nitrogen and oxygen atoms in total. The minimum absolute atomic E-state index is 0.0888. The zero-order valence-electron chi connectivity index (χ0n) is 10.6. The summed E-state index contributed by atoms with van der Waals surface area (Å²) in [7, 11) is 0. The van der Waals surface area contributed by atoms with Crippen LogP contribution in [0.3, 0.4) is 0 Å². The zero-order valence-corrected chi connectivity index (χ0v) is 10.6. The van der Waals surface area contributed by atoms with Crippen LogP contribution in [0.1, 0.15) is 53.4 Å². The molecule has 1 N–H and O–H groups in total. The van der Waals surface area contributed by atoms with Crippen LogP contribution in [0, 0.1) is 5.41 Å². The van der Waals surface area contributed by atoms with Crippen molar-refractivity contribution >= 4 is 0 Å². The monoisotopic (exact) mass is 211 g/mol. The number of aliphatic hydroxyl groups is 1. The number of hydrogen-bond donors (Lipinski definition) is 1. The molecule has 15 heavy (non-hydrogen) atoms. The first-order valence-corrected chi connectivity index (χ1v) is 6.31. The fraction of sp³-hybridized carbons (Fsp3) is 1.00. The average Bonchev–Trinajstić information content (AvgIpc) is 2.16. The van der Waals surface area contributed by atoms with E-state index in [-0.39, 0.29) is 11.6 Å². The molecule has 0 aromatic heterocycles. The smallest absolute Gasteiger partial charge is 0.0695 e. The van der Waals surface area contributed by atoms with Crippen molar-refractivity contribution in [2.45, 2.75) is 71.1 Å². The molecule has 0 amide bonds. The van der Waals surface area contributed by atoms with Crippen molar-refractivity contribution in [1.82, 2.24) is 4.90 Å². The predicted octanol–water partition coefficient (Wildman–Crippen LogP) is 2.41. The largest absolute Gasteiger partial charge is 0.391 e. The third-order valence-electron chi connectivity index (χ3n) is 5.03. The molecule has 1 saturated heterocycles. The fourth-order valence-electron chi connectivity index (χ4n) is 3.10. The van der Waals surface area contributed by atoms with Gasteiger partial charge in [0.15, 0.2) is 0 Å². The molecule has 1 saturated carbocycles. The second-order valence-corrected chi connectivity index (χ2v) is 6.49. The van der Waals surface area contributed by atoms with Crippen molar-refractivity contribution in [2.24, 2.45) is 5.41 Å². The van der Waals surface area contributed by atoms with Gasteiger partial charge in [0.05, 0.1) is 6.10 Å². The maximum absolute atomic E-state index is 10.1. The zero-order chi connectivity index (χ0) is 11.3. The van der Waals surface area contributed by atoms with Gasteiger partial charge in [-0.25, -0.2) is 0 Å². The first kappa shape index (κ1) is 11.4. The molecular formula is C13H25NO. The highest BCUT2D eigenvalue weighted by atomic mass is 16.3. The van der Waals surface area contributed by atoms with Crippen LogP contribution in [0.25, 0.3) is 0 Å². The van der Waals surface area contributed by atoms with Gasteiger partial charge in [-0.05, 0) is 32.1 Å². The number of hydrogen-bond acceptors (Lipinski definition) is 2. The predicted molar refractivity (Wildman–Crippen MR) is 62.8 cm³/mol. The number of rotatable bonds is 1. The van der Waals surface area contributed by atoms with Gasteiger partial charge in [-0.15, -0.1) is 0 Å². The Morgan fingerprint density at radius 1 is 1.07 bits per heavy atom. The molecular weight excluding hydrogens is 186 g/mol. The normalized spacial score (nSPS) is 39.8. The van der Waals surface area contributed by atoms with Gasteiger partial charge < -0.3 is 5.11 Å². The van der Waals surface area contributed by atoms with Crippen molar-refractivity contribution in [3.8, 4) is 0 Å². The molecule has 1 aliphatic carbocycles. The molecule has 2 heteroatoms. The molecule has 2 fully saturated rings.